The van der Waals surface area contributed by atoms with Crippen molar-refractivity contribution in [3.8, 4) is 0 Å². The highest BCUT2D eigenvalue weighted by Crippen LogP contribution is 2.03. The van der Waals surface area contributed by atoms with Crippen molar-refractivity contribution in [1.29, 1.82) is 0 Å². The van der Waals surface area contributed by atoms with E-state index in [2.05, 4.69) is 19.2 Å². The summed E-state index contributed by atoms with van der Waals surface area (Å²) >= 11 is 0. The van der Waals surface area contributed by atoms with Crippen molar-refractivity contribution >= 4 is 18.3 Å². The first-order chi connectivity index (χ1) is 6.99. The van der Waals surface area contributed by atoms with E-state index in [-0.39, 0.29) is 18.3 Å². The molecule has 0 heterocycles. The summed E-state index contributed by atoms with van der Waals surface area (Å²) in [4.78, 5) is 13.2. The van der Waals surface area contributed by atoms with Crippen LogP contribution in [0.1, 0.15) is 33.6 Å². The Labute approximate surface area is 106 Å². The summed E-state index contributed by atoms with van der Waals surface area (Å²) in [7, 11) is 3.56. The van der Waals surface area contributed by atoms with E-state index in [1.54, 1.807) is 19.0 Å². The van der Waals surface area contributed by atoms with Gasteiger partial charge >= 0.3 is 0 Å². The van der Waals surface area contributed by atoms with Gasteiger partial charge < -0.3 is 10.2 Å². The van der Waals surface area contributed by atoms with Crippen LogP contribution in [0.3, 0.4) is 0 Å². The van der Waals surface area contributed by atoms with E-state index in [9.17, 15) is 4.79 Å². The van der Waals surface area contributed by atoms with Crippen LogP contribution in [0.4, 0.5) is 0 Å². The molecule has 16 heavy (non-hydrogen) atoms. The van der Waals surface area contributed by atoms with Gasteiger partial charge in [-0.15, -0.1) is 12.4 Å². The maximum atomic E-state index is 11.6. The number of hydrogen-bond acceptors (Lipinski definition) is 2. The Kier molecular flexibility index (Phi) is 10.5. The summed E-state index contributed by atoms with van der Waals surface area (Å²) in [6.45, 7) is 7.31. The monoisotopic (exact) mass is 248 g/mol. The van der Waals surface area contributed by atoms with E-state index in [4.69, 9.17) is 0 Å². The number of nitrogens with one attached hydrogen (secondary N) is 1. The lowest BCUT2D eigenvalue weighted by molar-refractivity contribution is -0.124. The minimum Gasteiger partial charge on any atom is -0.391 e. The number of hydrogen-bond donors (Lipinski definition) is 1. The molecule has 0 radical (unpaired) electrons. The van der Waals surface area contributed by atoms with Crippen LogP contribution in [0.2, 0.25) is 0 Å². The van der Waals surface area contributed by atoms with Crippen LogP contribution in [-0.4, -0.2) is 31.4 Å². The van der Waals surface area contributed by atoms with Gasteiger partial charge in [0.05, 0.1) is 0 Å². The maximum Gasteiger partial charge on any atom is 0.250 e. The second kappa shape index (κ2) is 9.52. The molecule has 0 aliphatic rings. The van der Waals surface area contributed by atoms with Gasteiger partial charge in [-0.25, -0.2) is 0 Å². The van der Waals surface area contributed by atoms with E-state index >= 15 is 0 Å². The third-order valence-corrected chi connectivity index (χ3v) is 2.20. The van der Waals surface area contributed by atoms with Gasteiger partial charge in [0.25, 0.3) is 5.91 Å². The number of likely N-dealkylation sites (N-methyl/N-ethyl adjacent to an activating group) is 1. The SMILES string of the molecule is CCC(=CNCCC(C)C)C(=O)N(C)C.Cl. The molecule has 4 heteroatoms. The third-order valence-electron chi connectivity index (χ3n) is 2.20. The molecule has 96 valence electrons. The zero-order chi connectivity index (χ0) is 11.8. The Morgan fingerprint density at radius 2 is 1.94 bits per heavy atom. The zero-order valence-corrected chi connectivity index (χ0v) is 11.9. The Hall–Kier alpha value is -0.700. The van der Waals surface area contributed by atoms with Crippen molar-refractivity contribution in [2.24, 2.45) is 5.92 Å². The van der Waals surface area contributed by atoms with Crippen molar-refractivity contribution in [3.63, 3.8) is 0 Å². The number of halogens is 1. The molecule has 0 atom stereocenters. The molecule has 0 spiro atoms. The van der Waals surface area contributed by atoms with Gasteiger partial charge in [-0.1, -0.05) is 20.8 Å². The van der Waals surface area contributed by atoms with Crippen molar-refractivity contribution in [2.75, 3.05) is 20.6 Å². The number of rotatable bonds is 6. The number of carbonyl (C=O) groups excluding carboxylic acids is 1. The van der Waals surface area contributed by atoms with Crippen molar-refractivity contribution in [1.82, 2.24) is 10.2 Å². The molecule has 0 rings (SSSR count). The fourth-order valence-corrected chi connectivity index (χ4v) is 1.17. The van der Waals surface area contributed by atoms with Gasteiger partial charge in [0.2, 0.25) is 0 Å². The van der Waals surface area contributed by atoms with Crippen LogP contribution in [0.25, 0.3) is 0 Å². The summed E-state index contributed by atoms with van der Waals surface area (Å²) in [6, 6.07) is 0. The predicted molar refractivity (Wildman–Crippen MR) is 71.8 cm³/mol. The van der Waals surface area contributed by atoms with Crippen LogP contribution < -0.4 is 5.32 Å². The molecular weight excluding hydrogens is 224 g/mol. The molecule has 0 aromatic rings. The van der Waals surface area contributed by atoms with E-state index < -0.39 is 0 Å². The summed E-state index contributed by atoms with van der Waals surface area (Å²) in [6.07, 6.45) is 3.75. The molecule has 1 N–H and O–H groups in total. The van der Waals surface area contributed by atoms with Gasteiger partial charge in [0, 0.05) is 32.4 Å². The normalized spacial score (nSPS) is 11.0. The van der Waals surface area contributed by atoms with Crippen LogP contribution >= 0.6 is 12.4 Å². The van der Waals surface area contributed by atoms with E-state index in [1.807, 2.05) is 13.1 Å². The van der Waals surface area contributed by atoms with E-state index in [0.717, 1.165) is 25.0 Å². The quantitative estimate of drug-likeness (QED) is 0.579. The lowest BCUT2D eigenvalue weighted by atomic mass is 10.1. The Morgan fingerprint density at radius 3 is 2.31 bits per heavy atom. The summed E-state index contributed by atoms with van der Waals surface area (Å²) in [5.74, 6) is 0.787. The fourth-order valence-electron chi connectivity index (χ4n) is 1.17. The zero-order valence-electron chi connectivity index (χ0n) is 11.0. The van der Waals surface area contributed by atoms with Crippen LogP contribution in [-0.2, 0) is 4.79 Å². The molecule has 0 aromatic carbocycles. The van der Waals surface area contributed by atoms with Gasteiger partial charge in [0.15, 0.2) is 0 Å². The summed E-state index contributed by atoms with van der Waals surface area (Å²) in [5.41, 5.74) is 0.837. The highest BCUT2D eigenvalue weighted by molar-refractivity contribution is 5.92. The van der Waals surface area contributed by atoms with Crippen LogP contribution in [0, 0.1) is 5.92 Å². The first-order valence-corrected chi connectivity index (χ1v) is 5.63. The first kappa shape index (κ1) is 17.7. The van der Waals surface area contributed by atoms with Gasteiger partial charge in [-0.05, 0) is 18.8 Å². The summed E-state index contributed by atoms with van der Waals surface area (Å²) in [5, 5.41) is 3.19. The predicted octanol–water partition coefficient (Wildman–Crippen LogP) is 2.43. The topological polar surface area (TPSA) is 32.3 Å². The standard InChI is InChI=1S/C12H24N2O.ClH/c1-6-11(12(15)14(4)5)9-13-8-7-10(2)3;/h9-10,13H,6-8H2,1-5H3;1H. The molecule has 0 aliphatic carbocycles. The molecule has 0 bridgehead atoms. The second-order valence-electron chi connectivity index (χ2n) is 4.36. The molecule has 0 aliphatic heterocycles. The number of carbonyl (C=O) groups is 1. The van der Waals surface area contributed by atoms with Crippen LogP contribution in [0.15, 0.2) is 11.8 Å². The maximum absolute atomic E-state index is 11.6. The third kappa shape index (κ3) is 7.57. The molecule has 0 aromatic heterocycles. The van der Waals surface area contributed by atoms with Gasteiger partial charge in [0.1, 0.15) is 0 Å². The lowest BCUT2D eigenvalue weighted by Crippen LogP contribution is -2.24. The van der Waals surface area contributed by atoms with E-state index in [0.29, 0.717) is 5.92 Å². The molecule has 3 nitrogen and oxygen atoms in total. The average Bonchev–Trinajstić information content (AvgIpc) is 2.16. The highest BCUT2D eigenvalue weighted by Gasteiger charge is 2.08. The van der Waals surface area contributed by atoms with Crippen molar-refractivity contribution in [2.45, 2.75) is 33.6 Å². The van der Waals surface area contributed by atoms with Crippen molar-refractivity contribution in [3.05, 3.63) is 11.8 Å². The first-order valence-electron chi connectivity index (χ1n) is 5.63. The Balaban J connectivity index is 0. The van der Waals surface area contributed by atoms with E-state index in [1.165, 1.54) is 0 Å². The summed E-state index contributed by atoms with van der Waals surface area (Å²) < 4.78 is 0. The molecule has 0 saturated carbocycles. The molecule has 1 amide bonds. The van der Waals surface area contributed by atoms with Gasteiger partial charge in [-0.2, -0.15) is 0 Å². The second-order valence-corrected chi connectivity index (χ2v) is 4.36. The minimum atomic E-state index is 0. The Morgan fingerprint density at radius 1 is 1.38 bits per heavy atom. The molecular formula is C12H25ClN2O. The minimum absolute atomic E-state index is 0. The molecule has 0 fully saturated rings. The number of amides is 1. The molecule has 0 unspecified atom stereocenters. The van der Waals surface area contributed by atoms with Crippen LogP contribution in [0.5, 0.6) is 0 Å². The molecule has 0 saturated heterocycles. The smallest absolute Gasteiger partial charge is 0.250 e. The number of nitrogens with zero attached hydrogens (tertiary/aromatic N) is 1. The lowest BCUT2D eigenvalue weighted by Gasteiger charge is -2.12. The average molecular weight is 249 g/mol. The van der Waals surface area contributed by atoms with Gasteiger partial charge in [-0.3, -0.25) is 4.79 Å². The fraction of sp³-hybridized carbons (Fsp3) is 0.750. The largest absolute Gasteiger partial charge is 0.391 e. The highest BCUT2D eigenvalue weighted by atomic mass is 35.5. The van der Waals surface area contributed by atoms with Crippen molar-refractivity contribution < 1.29 is 4.79 Å². The Bertz CT molecular complexity index is 225.